The van der Waals surface area contributed by atoms with Crippen molar-refractivity contribution in [3.8, 4) is 0 Å². The summed E-state index contributed by atoms with van der Waals surface area (Å²) in [7, 11) is 1.86. The molecule has 4 nitrogen and oxygen atoms in total. The van der Waals surface area contributed by atoms with Crippen molar-refractivity contribution in [1.29, 1.82) is 0 Å². The topological polar surface area (TPSA) is 57.6 Å². The minimum Gasteiger partial charge on any atom is -0.478 e. The molecular weight excluding hydrogens is 230 g/mol. The molecule has 0 amide bonds. The van der Waals surface area contributed by atoms with Crippen LogP contribution in [0.25, 0.3) is 0 Å². The molecule has 0 fully saturated rings. The number of rotatable bonds is 6. The van der Waals surface area contributed by atoms with Crippen LogP contribution in [-0.2, 0) is 11.3 Å². The highest BCUT2D eigenvalue weighted by Crippen LogP contribution is 2.12. The zero-order valence-electron chi connectivity index (χ0n) is 10.9. The fraction of sp³-hybridized carbons (Fsp3) is 0.429. The zero-order valence-corrected chi connectivity index (χ0v) is 10.9. The summed E-state index contributed by atoms with van der Waals surface area (Å²) < 4.78 is 0. The van der Waals surface area contributed by atoms with E-state index in [1.165, 1.54) is 0 Å². The Bertz CT molecular complexity index is 412. The molecule has 0 aliphatic rings. The van der Waals surface area contributed by atoms with Crippen molar-refractivity contribution < 1.29 is 14.7 Å². The summed E-state index contributed by atoms with van der Waals surface area (Å²) in [4.78, 5) is 23.5. The number of aromatic carboxylic acids is 1. The van der Waals surface area contributed by atoms with Crippen LogP contribution in [0.3, 0.4) is 0 Å². The van der Waals surface area contributed by atoms with Crippen LogP contribution in [0.15, 0.2) is 24.3 Å². The molecule has 1 aromatic carbocycles. The van der Waals surface area contributed by atoms with Gasteiger partial charge in [0.05, 0.1) is 11.6 Å². The van der Waals surface area contributed by atoms with Crippen LogP contribution in [0.5, 0.6) is 0 Å². The fourth-order valence-electron chi connectivity index (χ4n) is 1.87. The van der Waals surface area contributed by atoms with Gasteiger partial charge in [0.15, 0.2) is 0 Å². The standard InChI is InChI=1S/C14H18NO3/c1-10(2)13(9-16)15(3)8-11-4-6-12(7-5-11)14(17)18/h4-7,10,13H,8H2,1-3H3,(H,17,18)/t13-/m1/s1. The Kier molecular flexibility index (Phi) is 5.04. The van der Waals surface area contributed by atoms with E-state index >= 15 is 0 Å². The Morgan fingerprint density at radius 2 is 1.89 bits per heavy atom. The van der Waals surface area contributed by atoms with Gasteiger partial charge in [0, 0.05) is 6.54 Å². The normalized spacial score (nSPS) is 12.7. The second kappa shape index (κ2) is 6.31. The van der Waals surface area contributed by atoms with E-state index < -0.39 is 5.97 Å². The zero-order chi connectivity index (χ0) is 13.7. The summed E-state index contributed by atoms with van der Waals surface area (Å²) in [6, 6.07) is 6.43. The van der Waals surface area contributed by atoms with Gasteiger partial charge in [0.25, 0.3) is 0 Å². The summed E-state index contributed by atoms with van der Waals surface area (Å²) in [5.41, 5.74) is 1.24. The van der Waals surface area contributed by atoms with E-state index in [0.717, 1.165) is 5.56 Å². The van der Waals surface area contributed by atoms with Gasteiger partial charge in [0.1, 0.15) is 0 Å². The van der Waals surface area contributed by atoms with Crippen molar-refractivity contribution in [3.63, 3.8) is 0 Å². The molecule has 0 heterocycles. The summed E-state index contributed by atoms with van der Waals surface area (Å²) >= 11 is 0. The van der Waals surface area contributed by atoms with Crippen molar-refractivity contribution in [3.05, 3.63) is 35.4 Å². The lowest BCUT2D eigenvalue weighted by Gasteiger charge is -2.25. The highest BCUT2D eigenvalue weighted by Gasteiger charge is 2.18. The fourth-order valence-corrected chi connectivity index (χ4v) is 1.87. The van der Waals surface area contributed by atoms with Crippen molar-refractivity contribution in [1.82, 2.24) is 4.90 Å². The number of hydrogen-bond acceptors (Lipinski definition) is 3. The van der Waals surface area contributed by atoms with Crippen molar-refractivity contribution in [2.45, 2.75) is 26.4 Å². The largest absolute Gasteiger partial charge is 0.478 e. The number of hydrogen-bond donors (Lipinski definition) is 1. The molecular formula is C14H18NO3. The minimum atomic E-state index is -0.934. The summed E-state index contributed by atoms with van der Waals surface area (Å²) in [6.45, 7) is 4.54. The summed E-state index contributed by atoms with van der Waals surface area (Å²) in [5, 5.41) is 8.79. The maximum Gasteiger partial charge on any atom is 0.335 e. The summed E-state index contributed by atoms with van der Waals surface area (Å²) in [6.07, 6.45) is 2.03. The number of benzene rings is 1. The average Bonchev–Trinajstić information content (AvgIpc) is 2.29. The maximum atomic E-state index is 10.9. The van der Waals surface area contributed by atoms with Gasteiger partial charge in [-0.05, 0) is 30.7 Å². The third-order valence-electron chi connectivity index (χ3n) is 2.86. The Hall–Kier alpha value is -1.68. The van der Waals surface area contributed by atoms with Crippen LogP contribution in [0.1, 0.15) is 29.8 Å². The molecule has 1 N–H and O–H groups in total. The van der Waals surface area contributed by atoms with Gasteiger partial charge in [-0.2, -0.15) is 0 Å². The SMILES string of the molecule is CC(C)[C@@H]([C]=O)N(C)Cc1ccc(C(=O)O)cc1. The molecule has 0 aliphatic carbocycles. The lowest BCUT2D eigenvalue weighted by Crippen LogP contribution is -2.36. The van der Waals surface area contributed by atoms with Crippen LogP contribution in [0.4, 0.5) is 0 Å². The van der Waals surface area contributed by atoms with E-state index in [-0.39, 0.29) is 17.5 Å². The Labute approximate surface area is 107 Å². The maximum absolute atomic E-state index is 10.9. The molecule has 18 heavy (non-hydrogen) atoms. The highest BCUT2D eigenvalue weighted by molar-refractivity contribution is 5.87. The molecule has 0 aromatic heterocycles. The van der Waals surface area contributed by atoms with Crippen molar-refractivity contribution in [2.24, 2.45) is 5.92 Å². The highest BCUT2D eigenvalue weighted by atomic mass is 16.4. The van der Waals surface area contributed by atoms with Gasteiger partial charge in [0.2, 0.25) is 6.29 Å². The number of carbonyl (C=O) groups is 1. The smallest absolute Gasteiger partial charge is 0.335 e. The quantitative estimate of drug-likeness (QED) is 0.836. The monoisotopic (exact) mass is 248 g/mol. The molecule has 0 saturated heterocycles. The number of nitrogens with zero attached hydrogens (tertiary/aromatic N) is 1. The molecule has 1 radical (unpaired) electrons. The van der Waals surface area contributed by atoms with Crippen LogP contribution >= 0.6 is 0 Å². The molecule has 4 heteroatoms. The first-order valence-corrected chi connectivity index (χ1v) is 5.86. The molecule has 0 aliphatic heterocycles. The Morgan fingerprint density at radius 3 is 2.28 bits per heavy atom. The van der Waals surface area contributed by atoms with Gasteiger partial charge < -0.3 is 5.11 Å². The number of carboxylic acid groups (broad SMARTS) is 1. The average molecular weight is 248 g/mol. The molecule has 0 saturated carbocycles. The molecule has 0 spiro atoms. The summed E-state index contributed by atoms with van der Waals surface area (Å²) in [5.74, 6) is -0.734. The van der Waals surface area contributed by atoms with E-state index in [1.807, 2.05) is 32.1 Å². The van der Waals surface area contributed by atoms with Crippen LogP contribution in [0.2, 0.25) is 0 Å². The van der Waals surface area contributed by atoms with Crippen LogP contribution < -0.4 is 0 Å². The molecule has 1 atom stereocenters. The third-order valence-corrected chi connectivity index (χ3v) is 2.86. The van der Waals surface area contributed by atoms with E-state index in [4.69, 9.17) is 5.11 Å². The van der Waals surface area contributed by atoms with E-state index in [1.54, 1.807) is 24.3 Å². The van der Waals surface area contributed by atoms with Crippen LogP contribution in [0, 0.1) is 5.92 Å². The van der Waals surface area contributed by atoms with Crippen LogP contribution in [-0.4, -0.2) is 35.4 Å². The van der Waals surface area contributed by atoms with Gasteiger partial charge in [-0.1, -0.05) is 26.0 Å². The number of carboxylic acids is 1. The second-order valence-corrected chi connectivity index (χ2v) is 4.72. The second-order valence-electron chi connectivity index (χ2n) is 4.72. The van der Waals surface area contributed by atoms with Gasteiger partial charge in [-0.3, -0.25) is 9.69 Å². The Morgan fingerprint density at radius 1 is 1.33 bits per heavy atom. The van der Waals surface area contributed by atoms with E-state index in [0.29, 0.717) is 6.54 Å². The first-order chi connectivity index (χ1) is 8.45. The van der Waals surface area contributed by atoms with Crippen molar-refractivity contribution >= 4 is 12.3 Å². The molecule has 0 unspecified atom stereocenters. The number of carbonyl (C=O) groups excluding carboxylic acids is 1. The number of likely N-dealkylation sites (N-methyl/N-ethyl adjacent to an activating group) is 1. The lowest BCUT2D eigenvalue weighted by atomic mass is 10.0. The third kappa shape index (κ3) is 3.67. The predicted octanol–water partition coefficient (Wildman–Crippen LogP) is 1.95. The first kappa shape index (κ1) is 14.4. The van der Waals surface area contributed by atoms with E-state index in [9.17, 15) is 9.59 Å². The van der Waals surface area contributed by atoms with E-state index in [2.05, 4.69) is 0 Å². The lowest BCUT2D eigenvalue weighted by molar-refractivity contribution is 0.0697. The first-order valence-electron chi connectivity index (χ1n) is 5.86. The van der Waals surface area contributed by atoms with Gasteiger partial charge >= 0.3 is 5.97 Å². The van der Waals surface area contributed by atoms with Gasteiger partial charge in [-0.15, -0.1) is 0 Å². The van der Waals surface area contributed by atoms with Crippen molar-refractivity contribution in [2.75, 3.05) is 7.05 Å². The minimum absolute atomic E-state index is 0.200. The molecule has 0 bridgehead atoms. The predicted molar refractivity (Wildman–Crippen MR) is 69.2 cm³/mol. The molecule has 97 valence electrons. The molecule has 1 rings (SSSR count). The van der Waals surface area contributed by atoms with Gasteiger partial charge in [-0.25, -0.2) is 4.79 Å². The Balaban J connectivity index is 2.72. The molecule has 1 aromatic rings.